The van der Waals surface area contributed by atoms with Crippen LogP contribution in [0, 0.1) is 0 Å². The van der Waals surface area contributed by atoms with Gasteiger partial charge in [-0.15, -0.1) is 11.3 Å². The van der Waals surface area contributed by atoms with Gasteiger partial charge >= 0.3 is 0 Å². The van der Waals surface area contributed by atoms with E-state index in [1.165, 1.54) is 11.3 Å². The van der Waals surface area contributed by atoms with Crippen LogP contribution in [-0.4, -0.2) is 38.5 Å². The number of carbonyl (C=O) groups is 1. The third-order valence-corrected chi connectivity index (χ3v) is 8.31. The lowest BCUT2D eigenvalue weighted by atomic mass is 10.2. The van der Waals surface area contributed by atoms with Crippen LogP contribution >= 0.6 is 11.3 Å². The predicted octanol–water partition coefficient (Wildman–Crippen LogP) is 2.97. The van der Waals surface area contributed by atoms with E-state index in [9.17, 15) is 13.2 Å². The van der Waals surface area contributed by atoms with Crippen molar-refractivity contribution in [2.45, 2.75) is 36.4 Å². The summed E-state index contributed by atoms with van der Waals surface area (Å²) in [4.78, 5) is 13.2. The lowest BCUT2D eigenvalue weighted by molar-refractivity contribution is 0.0951. The molecule has 7 nitrogen and oxygen atoms in total. The van der Waals surface area contributed by atoms with Gasteiger partial charge in [0.15, 0.2) is 11.5 Å². The fourth-order valence-corrected chi connectivity index (χ4v) is 6.28. The Bertz CT molecular complexity index is 962. The number of amides is 1. The van der Waals surface area contributed by atoms with E-state index in [0.717, 1.165) is 30.6 Å². The number of ether oxygens (including phenoxy) is 2. The molecule has 0 aliphatic carbocycles. The minimum Gasteiger partial charge on any atom is -0.454 e. The number of rotatable bonds is 5. The fourth-order valence-electron chi connectivity index (χ4n) is 3.31. The van der Waals surface area contributed by atoms with Crippen molar-refractivity contribution in [1.29, 1.82) is 0 Å². The average Bonchev–Trinajstić information content (AvgIpc) is 3.28. The molecule has 4 rings (SSSR count). The Hall–Kier alpha value is -2.10. The summed E-state index contributed by atoms with van der Waals surface area (Å²) in [6, 6.07) is 8.41. The van der Waals surface area contributed by atoms with E-state index in [0.29, 0.717) is 34.4 Å². The van der Waals surface area contributed by atoms with Gasteiger partial charge in [-0.2, -0.15) is 4.31 Å². The minimum absolute atomic E-state index is 0.157. The number of hydrogen-bond acceptors (Lipinski definition) is 6. The quantitative estimate of drug-likeness (QED) is 0.801. The smallest absolute Gasteiger partial charge is 0.252 e. The minimum atomic E-state index is -3.45. The SMILES string of the molecule is O=C(NCc1ccc(S(=O)(=O)N2CCCCCC2)s1)c1ccc2c(c1)OCO2. The van der Waals surface area contributed by atoms with Gasteiger partial charge in [0.25, 0.3) is 15.9 Å². The zero-order valence-corrected chi connectivity index (χ0v) is 17.0. The summed E-state index contributed by atoms with van der Waals surface area (Å²) >= 11 is 1.21. The molecule has 28 heavy (non-hydrogen) atoms. The van der Waals surface area contributed by atoms with Gasteiger partial charge in [0.2, 0.25) is 6.79 Å². The first-order chi connectivity index (χ1) is 13.5. The van der Waals surface area contributed by atoms with Crippen LogP contribution in [0.25, 0.3) is 0 Å². The molecule has 0 spiro atoms. The summed E-state index contributed by atoms with van der Waals surface area (Å²) in [6.45, 7) is 1.59. The van der Waals surface area contributed by atoms with Gasteiger partial charge in [-0.3, -0.25) is 4.79 Å². The Kier molecular flexibility index (Phi) is 5.56. The maximum absolute atomic E-state index is 12.8. The van der Waals surface area contributed by atoms with Crippen LogP contribution in [0.4, 0.5) is 0 Å². The lowest BCUT2D eigenvalue weighted by Crippen LogP contribution is -2.31. The van der Waals surface area contributed by atoms with Crippen LogP contribution in [0.1, 0.15) is 40.9 Å². The van der Waals surface area contributed by atoms with Crippen LogP contribution in [0.15, 0.2) is 34.5 Å². The van der Waals surface area contributed by atoms with Crippen molar-refractivity contribution in [2.75, 3.05) is 19.9 Å². The van der Waals surface area contributed by atoms with Crippen molar-refractivity contribution in [3.63, 3.8) is 0 Å². The standard InChI is InChI=1S/C19H22N2O5S2/c22-19(14-5-7-16-17(11-14)26-13-25-16)20-12-15-6-8-18(27-15)28(23,24)21-9-3-1-2-4-10-21/h5-8,11H,1-4,9-10,12-13H2,(H,20,22). The molecule has 0 saturated carbocycles. The number of fused-ring (bicyclic) bond motifs is 1. The second kappa shape index (κ2) is 8.10. The van der Waals surface area contributed by atoms with E-state index < -0.39 is 10.0 Å². The Morgan fingerprint density at radius 2 is 1.79 bits per heavy atom. The Balaban J connectivity index is 1.40. The number of nitrogens with one attached hydrogen (secondary N) is 1. The van der Waals surface area contributed by atoms with Crippen LogP contribution in [0.2, 0.25) is 0 Å². The number of nitrogens with zero attached hydrogens (tertiary/aromatic N) is 1. The summed E-state index contributed by atoms with van der Waals surface area (Å²) < 4.78 is 38.1. The highest BCUT2D eigenvalue weighted by molar-refractivity contribution is 7.91. The number of benzene rings is 1. The van der Waals surface area contributed by atoms with Crippen LogP contribution in [-0.2, 0) is 16.6 Å². The van der Waals surface area contributed by atoms with Gasteiger partial charge in [0.05, 0.1) is 6.54 Å². The lowest BCUT2D eigenvalue weighted by Gasteiger charge is -2.18. The van der Waals surface area contributed by atoms with Gasteiger partial charge < -0.3 is 14.8 Å². The summed E-state index contributed by atoms with van der Waals surface area (Å²) in [5, 5.41) is 2.83. The van der Waals surface area contributed by atoms with Crippen LogP contribution in [0.5, 0.6) is 11.5 Å². The summed E-state index contributed by atoms with van der Waals surface area (Å²) in [7, 11) is -3.45. The first-order valence-corrected chi connectivity index (χ1v) is 11.6. The predicted molar refractivity (Wildman–Crippen MR) is 105 cm³/mol. The molecule has 1 fully saturated rings. The highest BCUT2D eigenvalue weighted by atomic mass is 32.2. The molecule has 150 valence electrons. The van der Waals surface area contributed by atoms with Gasteiger partial charge in [-0.25, -0.2) is 8.42 Å². The first-order valence-electron chi connectivity index (χ1n) is 9.31. The molecular weight excluding hydrogens is 400 g/mol. The summed E-state index contributed by atoms with van der Waals surface area (Å²) in [5.41, 5.74) is 0.471. The molecule has 1 N–H and O–H groups in total. The molecule has 3 heterocycles. The summed E-state index contributed by atoms with van der Waals surface area (Å²) in [6.07, 6.45) is 3.97. The molecule has 1 aromatic carbocycles. The largest absolute Gasteiger partial charge is 0.454 e. The molecule has 1 aromatic heterocycles. The van der Waals surface area contributed by atoms with Crippen LogP contribution in [0.3, 0.4) is 0 Å². The molecule has 2 aliphatic heterocycles. The molecule has 0 unspecified atom stereocenters. The zero-order chi connectivity index (χ0) is 19.6. The molecule has 1 saturated heterocycles. The van der Waals surface area contributed by atoms with Crippen LogP contribution < -0.4 is 14.8 Å². The Morgan fingerprint density at radius 3 is 2.57 bits per heavy atom. The molecule has 9 heteroatoms. The molecule has 2 aliphatic rings. The Morgan fingerprint density at radius 1 is 1.04 bits per heavy atom. The van der Waals surface area contributed by atoms with Gasteiger partial charge in [0.1, 0.15) is 4.21 Å². The fraction of sp³-hybridized carbons (Fsp3) is 0.421. The van der Waals surface area contributed by atoms with Crippen molar-refractivity contribution in [1.82, 2.24) is 9.62 Å². The first kappa shape index (κ1) is 19.2. The van der Waals surface area contributed by atoms with E-state index in [4.69, 9.17) is 9.47 Å². The normalized spacial score (nSPS) is 17.3. The van der Waals surface area contributed by atoms with E-state index in [2.05, 4.69) is 5.32 Å². The third-order valence-electron chi connectivity index (χ3n) is 4.85. The van der Waals surface area contributed by atoms with Gasteiger partial charge in [0, 0.05) is 23.5 Å². The topological polar surface area (TPSA) is 84.9 Å². The molecule has 0 radical (unpaired) electrons. The molecule has 0 atom stereocenters. The summed E-state index contributed by atoms with van der Waals surface area (Å²) in [5.74, 6) is 0.927. The van der Waals surface area contributed by atoms with Gasteiger partial charge in [-0.05, 0) is 43.2 Å². The van der Waals surface area contributed by atoms with Crippen molar-refractivity contribution >= 4 is 27.3 Å². The highest BCUT2D eigenvalue weighted by Crippen LogP contribution is 2.32. The van der Waals surface area contributed by atoms with Crippen molar-refractivity contribution in [3.05, 3.63) is 40.8 Å². The van der Waals surface area contributed by atoms with Crippen molar-refractivity contribution < 1.29 is 22.7 Å². The number of hydrogen-bond donors (Lipinski definition) is 1. The van der Waals surface area contributed by atoms with Crippen molar-refractivity contribution in [2.24, 2.45) is 0 Å². The maximum atomic E-state index is 12.8. The maximum Gasteiger partial charge on any atom is 0.252 e. The number of sulfonamides is 1. The van der Waals surface area contributed by atoms with Gasteiger partial charge in [-0.1, -0.05) is 12.8 Å². The Labute approximate surface area is 168 Å². The van der Waals surface area contributed by atoms with E-state index in [1.54, 1.807) is 34.6 Å². The van der Waals surface area contributed by atoms with E-state index in [-0.39, 0.29) is 19.2 Å². The van der Waals surface area contributed by atoms with E-state index in [1.807, 2.05) is 0 Å². The second-order valence-corrected chi connectivity index (χ2v) is 10.1. The molecular formula is C19H22N2O5S2. The number of carbonyl (C=O) groups excluding carboxylic acids is 1. The monoisotopic (exact) mass is 422 g/mol. The zero-order valence-electron chi connectivity index (χ0n) is 15.3. The number of thiophene rings is 1. The third kappa shape index (κ3) is 4.01. The molecule has 1 amide bonds. The molecule has 2 aromatic rings. The average molecular weight is 423 g/mol. The van der Waals surface area contributed by atoms with E-state index >= 15 is 0 Å². The van der Waals surface area contributed by atoms with Crippen molar-refractivity contribution in [3.8, 4) is 11.5 Å². The second-order valence-electron chi connectivity index (χ2n) is 6.79. The molecule has 0 bridgehead atoms. The highest BCUT2D eigenvalue weighted by Gasteiger charge is 2.26.